The number of carbonyl (C=O) groups excluding carboxylic acids is 1. The number of esters is 1. The van der Waals surface area contributed by atoms with Crippen LogP contribution < -0.4 is 9.46 Å². The van der Waals surface area contributed by atoms with Crippen LogP contribution in [0, 0.1) is 0 Å². The Kier molecular flexibility index (Phi) is 5.81. The molecule has 0 spiro atoms. The highest BCUT2D eigenvalue weighted by Crippen LogP contribution is 2.23. The maximum absolute atomic E-state index is 12.5. The second-order valence-electron chi connectivity index (χ2n) is 6.73. The molecule has 3 atom stereocenters. The summed E-state index contributed by atoms with van der Waals surface area (Å²) in [6.45, 7) is 5.75. The van der Waals surface area contributed by atoms with E-state index in [1.807, 2.05) is 45.0 Å². The van der Waals surface area contributed by atoms with Gasteiger partial charge in [0.25, 0.3) is 0 Å². The normalized spacial score (nSPS) is 20.9. The SMILES string of the molecule is COc1cccc(C[C@H](NS(=O)C(C)(C)C)[C@H]2CCC(=O)O2)c1. The average molecular weight is 339 g/mol. The molecule has 1 aliphatic heterocycles. The van der Waals surface area contributed by atoms with Crippen LogP contribution in [0.2, 0.25) is 0 Å². The van der Waals surface area contributed by atoms with Crippen molar-refractivity contribution in [2.75, 3.05) is 7.11 Å². The number of nitrogens with one attached hydrogen (secondary N) is 1. The van der Waals surface area contributed by atoms with Crippen molar-refractivity contribution in [2.24, 2.45) is 0 Å². The van der Waals surface area contributed by atoms with E-state index >= 15 is 0 Å². The zero-order valence-corrected chi connectivity index (χ0v) is 14.9. The average Bonchev–Trinajstić information content (AvgIpc) is 2.92. The lowest BCUT2D eigenvalue weighted by molar-refractivity contribution is -0.142. The van der Waals surface area contributed by atoms with Crippen molar-refractivity contribution in [3.63, 3.8) is 0 Å². The Morgan fingerprint density at radius 3 is 2.74 bits per heavy atom. The second-order valence-corrected chi connectivity index (χ2v) is 8.73. The molecule has 0 bridgehead atoms. The molecule has 0 amide bonds. The number of rotatable bonds is 6. The molecule has 1 N–H and O–H groups in total. The number of hydrogen-bond donors (Lipinski definition) is 1. The Hall–Kier alpha value is -1.40. The molecule has 1 saturated heterocycles. The molecule has 1 fully saturated rings. The molecule has 5 nitrogen and oxygen atoms in total. The van der Waals surface area contributed by atoms with Crippen molar-refractivity contribution < 1.29 is 18.5 Å². The van der Waals surface area contributed by atoms with Gasteiger partial charge in [0.2, 0.25) is 0 Å². The zero-order chi connectivity index (χ0) is 17.0. The summed E-state index contributed by atoms with van der Waals surface area (Å²) >= 11 is 0. The summed E-state index contributed by atoms with van der Waals surface area (Å²) in [7, 11) is 0.399. The fourth-order valence-electron chi connectivity index (χ4n) is 2.45. The molecule has 0 aliphatic carbocycles. The highest BCUT2D eigenvalue weighted by Gasteiger charge is 2.34. The first-order valence-corrected chi connectivity index (χ1v) is 8.95. The lowest BCUT2D eigenvalue weighted by Crippen LogP contribution is -2.47. The van der Waals surface area contributed by atoms with Gasteiger partial charge in [0.05, 0.1) is 28.9 Å². The molecule has 6 heteroatoms. The summed E-state index contributed by atoms with van der Waals surface area (Å²) in [5.41, 5.74) is 1.05. The van der Waals surface area contributed by atoms with Crippen LogP contribution >= 0.6 is 0 Å². The molecule has 0 radical (unpaired) electrons. The molecule has 1 aromatic rings. The van der Waals surface area contributed by atoms with Gasteiger partial charge in [-0.05, 0) is 51.3 Å². The van der Waals surface area contributed by atoms with Crippen LogP contribution in [0.1, 0.15) is 39.2 Å². The third-order valence-corrected chi connectivity index (χ3v) is 5.40. The first-order valence-electron chi connectivity index (χ1n) is 7.80. The summed E-state index contributed by atoms with van der Waals surface area (Å²) in [5.74, 6) is 0.593. The van der Waals surface area contributed by atoms with E-state index in [0.29, 0.717) is 19.3 Å². The van der Waals surface area contributed by atoms with Gasteiger partial charge in [0, 0.05) is 6.42 Å². The van der Waals surface area contributed by atoms with Crippen molar-refractivity contribution >= 4 is 17.0 Å². The molecule has 1 aliphatic rings. The smallest absolute Gasteiger partial charge is 0.306 e. The van der Waals surface area contributed by atoms with Gasteiger partial charge in [0.1, 0.15) is 11.9 Å². The molecular weight excluding hydrogens is 314 g/mol. The molecule has 1 heterocycles. The third kappa shape index (κ3) is 5.04. The van der Waals surface area contributed by atoms with Crippen LogP contribution in [0.3, 0.4) is 0 Å². The maximum Gasteiger partial charge on any atom is 0.306 e. The molecule has 23 heavy (non-hydrogen) atoms. The first kappa shape index (κ1) is 17.9. The summed E-state index contributed by atoms with van der Waals surface area (Å²) < 4.78 is 25.9. The predicted molar refractivity (Wildman–Crippen MR) is 90.6 cm³/mol. The van der Waals surface area contributed by atoms with E-state index < -0.39 is 11.0 Å². The first-order chi connectivity index (χ1) is 10.8. The van der Waals surface area contributed by atoms with E-state index in [2.05, 4.69) is 4.72 Å². The number of cyclic esters (lactones) is 1. The summed E-state index contributed by atoms with van der Waals surface area (Å²) in [5, 5.41) is 0. The van der Waals surface area contributed by atoms with Crippen molar-refractivity contribution in [3.8, 4) is 5.75 Å². The van der Waals surface area contributed by atoms with Gasteiger partial charge >= 0.3 is 5.97 Å². The van der Waals surface area contributed by atoms with E-state index in [1.165, 1.54) is 0 Å². The molecular formula is C17H25NO4S. The third-order valence-electron chi connectivity index (χ3n) is 3.77. The molecule has 0 aromatic heterocycles. The maximum atomic E-state index is 12.5. The van der Waals surface area contributed by atoms with Crippen molar-refractivity contribution in [1.29, 1.82) is 0 Å². The van der Waals surface area contributed by atoms with Gasteiger partial charge in [-0.3, -0.25) is 4.79 Å². The van der Waals surface area contributed by atoms with Gasteiger partial charge in [-0.2, -0.15) is 0 Å². The Morgan fingerprint density at radius 2 is 2.17 bits per heavy atom. The number of ether oxygens (including phenoxy) is 2. The molecule has 1 aromatic carbocycles. The Balaban J connectivity index is 2.15. The Morgan fingerprint density at radius 1 is 1.43 bits per heavy atom. The minimum Gasteiger partial charge on any atom is -0.497 e. The topological polar surface area (TPSA) is 64.6 Å². The van der Waals surface area contributed by atoms with E-state index in [-0.39, 0.29) is 22.9 Å². The molecule has 0 saturated carbocycles. The predicted octanol–water partition coefficient (Wildman–Crippen LogP) is 2.36. The quantitative estimate of drug-likeness (QED) is 0.808. The zero-order valence-electron chi connectivity index (χ0n) is 14.1. The van der Waals surface area contributed by atoms with Crippen LogP contribution in [0.25, 0.3) is 0 Å². The van der Waals surface area contributed by atoms with Crippen LogP contribution in [-0.2, 0) is 26.9 Å². The minimum atomic E-state index is -1.23. The van der Waals surface area contributed by atoms with E-state index in [1.54, 1.807) is 7.11 Å². The summed E-state index contributed by atoms with van der Waals surface area (Å²) in [6.07, 6.45) is 1.45. The van der Waals surface area contributed by atoms with Gasteiger partial charge in [-0.1, -0.05) is 12.1 Å². The van der Waals surface area contributed by atoms with Crippen LogP contribution in [0.15, 0.2) is 24.3 Å². The largest absolute Gasteiger partial charge is 0.497 e. The van der Waals surface area contributed by atoms with E-state index in [0.717, 1.165) is 11.3 Å². The van der Waals surface area contributed by atoms with Gasteiger partial charge in [-0.25, -0.2) is 8.93 Å². The van der Waals surface area contributed by atoms with E-state index in [4.69, 9.17) is 9.47 Å². The summed E-state index contributed by atoms with van der Waals surface area (Å²) in [4.78, 5) is 11.4. The number of methoxy groups -OCH3 is 1. The summed E-state index contributed by atoms with van der Waals surface area (Å²) in [6, 6.07) is 7.56. The van der Waals surface area contributed by atoms with Crippen molar-refractivity contribution in [1.82, 2.24) is 4.72 Å². The second kappa shape index (κ2) is 7.45. The van der Waals surface area contributed by atoms with Crippen LogP contribution in [0.5, 0.6) is 5.75 Å². The standard InChI is InChI=1S/C17H25NO4S/c1-17(2,3)23(20)18-14(15-8-9-16(19)22-15)11-12-6-5-7-13(10-12)21-4/h5-7,10,14-15,18H,8-9,11H2,1-4H3/t14-,15+,23?/m0/s1. The van der Waals surface area contributed by atoms with Crippen molar-refractivity contribution in [2.45, 2.75) is 56.9 Å². The molecule has 128 valence electrons. The monoisotopic (exact) mass is 339 g/mol. The van der Waals surface area contributed by atoms with Gasteiger partial charge in [0.15, 0.2) is 0 Å². The van der Waals surface area contributed by atoms with Crippen LogP contribution in [0.4, 0.5) is 0 Å². The molecule has 2 rings (SSSR count). The number of carbonyl (C=O) groups is 1. The minimum absolute atomic E-state index is 0.186. The van der Waals surface area contributed by atoms with Gasteiger partial charge < -0.3 is 9.47 Å². The van der Waals surface area contributed by atoms with Crippen LogP contribution in [-0.4, -0.2) is 34.2 Å². The lowest BCUT2D eigenvalue weighted by Gasteiger charge is -2.27. The number of hydrogen-bond acceptors (Lipinski definition) is 4. The number of benzene rings is 1. The van der Waals surface area contributed by atoms with Gasteiger partial charge in [-0.15, -0.1) is 0 Å². The Labute approximate surface area is 140 Å². The Bertz CT molecular complexity index is 582. The lowest BCUT2D eigenvalue weighted by atomic mass is 10.00. The fourth-order valence-corrected chi connectivity index (χ4v) is 3.31. The highest BCUT2D eigenvalue weighted by atomic mass is 32.2. The highest BCUT2D eigenvalue weighted by molar-refractivity contribution is 7.84. The van der Waals surface area contributed by atoms with E-state index in [9.17, 15) is 9.00 Å². The van der Waals surface area contributed by atoms with Crippen molar-refractivity contribution in [3.05, 3.63) is 29.8 Å². The molecule has 1 unspecified atom stereocenters. The fraction of sp³-hybridized carbons (Fsp3) is 0.588.